The number of pyridine rings is 1. The smallest absolute Gasteiger partial charge is 0.427 e. The van der Waals surface area contributed by atoms with Crippen LogP contribution in [0, 0.1) is 24.0 Å². The van der Waals surface area contributed by atoms with Crippen LogP contribution in [0.25, 0.3) is 22.2 Å². The molecule has 3 saturated heterocycles. The summed E-state index contributed by atoms with van der Waals surface area (Å²) in [7, 11) is 0. The van der Waals surface area contributed by atoms with Gasteiger partial charge in [-0.3, -0.25) is 4.90 Å². The molecule has 5 atom stereocenters. The van der Waals surface area contributed by atoms with Gasteiger partial charge in [0.15, 0.2) is 5.82 Å². The summed E-state index contributed by atoms with van der Waals surface area (Å²) >= 11 is 0. The number of hydrogen-bond acceptors (Lipinski definition) is 10. The van der Waals surface area contributed by atoms with Crippen molar-refractivity contribution >= 4 is 22.4 Å². The normalized spacial score (nSPS) is 28.4. The van der Waals surface area contributed by atoms with Gasteiger partial charge in [-0.15, -0.1) is 0 Å². The number of hydrogen-bond donors (Lipinski definition) is 2. The number of nitrogens with one attached hydrogen (secondary N) is 1. The number of ether oxygens (including phenoxy) is 3. The summed E-state index contributed by atoms with van der Waals surface area (Å²) in [4.78, 5) is 15.3. The van der Waals surface area contributed by atoms with Crippen LogP contribution >= 0.6 is 0 Å². The molecule has 3 N–H and O–H groups in total. The fraction of sp³-hybridized carbons (Fsp3) is 0.594. The second kappa shape index (κ2) is 11.8. The summed E-state index contributed by atoms with van der Waals surface area (Å²) in [5.41, 5.74) is -2.65. The Morgan fingerprint density at radius 3 is 2.40 bits per heavy atom. The predicted octanol–water partition coefficient (Wildman–Crippen LogP) is 5.25. The summed E-state index contributed by atoms with van der Waals surface area (Å²) in [6, 6.07) is -2.86. The molecule has 1 aromatic carbocycles. The molecule has 0 radical (unpaired) electrons. The first-order chi connectivity index (χ1) is 24.4. The molecule has 4 fully saturated rings. The van der Waals surface area contributed by atoms with Crippen LogP contribution in [0.2, 0.25) is 0 Å². The first kappa shape index (κ1) is 35.1. The molecule has 8 rings (SSSR count). The van der Waals surface area contributed by atoms with Crippen molar-refractivity contribution in [3.05, 3.63) is 28.8 Å². The zero-order valence-electron chi connectivity index (χ0n) is 27.3. The number of morpholine rings is 1. The van der Waals surface area contributed by atoms with Crippen molar-refractivity contribution in [1.29, 1.82) is 0 Å². The average molecular weight is 752 g/mol. The van der Waals surface area contributed by atoms with Crippen LogP contribution in [-0.2, 0) is 10.9 Å². The van der Waals surface area contributed by atoms with Crippen LogP contribution in [0.3, 0.4) is 0 Å². The van der Waals surface area contributed by atoms with Gasteiger partial charge in [0, 0.05) is 50.2 Å². The van der Waals surface area contributed by atoms with Crippen LogP contribution in [0.1, 0.15) is 30.4 Å². The Morgan fingerprint density at radius 1 is 1.04 bits per heavy atom. The Balaban J connectivity index is 1.32. The third kappa shape index (κ3) is 5.62. The van der Waals surface area contributed by atoms with Gasteiger partial charge in [-0.1, -0.05) is 0 Å². The van der Waals surface area contributed by atoms with Gasteiger partial charge in [-0.05, 0) is 31.4 Å². The highest BCUT2D eigenvalue weighted by Gasteiger charge is 2.72. The monoisotopic (exact) mass is 751 g/mol. The largest absolute Gasteiger partial charge is 0.463 e. The van der Waals surface area contributed by atoms with E-state index in [-0.39, 0.29) is 24.9 Å². The summed E-state index contributed by atoms with van der Waals surface area (Å²) in [6.45, 7) is 1.37. The van der Waals surface area contributed by atoms with Crippen molar-refractivity contribution in [2.45, 2.75) is 68.7 Å². The predicted molar refractivity (Wildman–Crippen MR) is 163 cm³/mol. The highest BCUT2D eigenvalue weighted by molar-refractivity contribution is 5.97. The van der Waals surface area contributed by atoms with Crippen molar-refractivity contribution in [2.75, 3.05) is 56.6 Å². The Labute approximate surface area is 288 Å². The molecular formula is C32H31F10N7O3. The minimum Gasteiger partial charge on any atom is -0.463 e. The van der Waals surface area contributed by atoms with E-state index in [4.69, 9.17) is 19.9 Å². The minimum absolute atomic E-state index is 0.0730. The number of fused-ring (bicyclic) bond motifs is 5. The molecule has 52 heavy (non-hydrogen) atoms. The maximum atomic E-state index is 16.8. The molecule has 4 aliphatic heterocycles. The number of rotatable bonds is 6. The third-order valence-electron chi connectivity index (χ3n) is 10.7. The molecule has 1 aliphatic carbocycles. The molecule has 0 spiro atoms. The maximum absolute atomic E-state index is 16.8. The fourth-order valence-corrected chi connectivity index (χ4v) is 8.05. The van der Waals surface area contributed by atoms with E-state index in [0.29, 0.717) is 45.2 Å². The average Bonchev–Trinajstić information content (AvgIpc) is 3.45. The lowest BCUT2D eigenvalue weighted by Gasteiger charge is -2.43. The number of benzene rings is 1. The summed E-state index contributed by atoms with van der Waals surface area (Å²) < 4.78 is 166. The maximum Gasteiger partial charge on any atom is 0.427 e. The number of nitrogens with two attached hydrogens (primary N) is 1. The molecular weight excluding hydrogens is 720 g/mol. The quantitative estimate of drug-likeness (QED) is 0.256. The van der Waals surface area contributed by atoms with Crippen LogP contribution in [0.15, 0.2) is 6.07 Å². The SMILES string of the molecule is Cc1c(F)c(N)cc(-c2nc3c4c(nc(OC[C@]5(CN6CCOCC6)CC5(F)F)nc4c2F)N2C[C@H]4CC[C@H](N4)[C@H]2[C@H](C(F)(F)F)O3)c1C(F)(F)F. The van der Waals surface area contributed by atoms with E-state index in [0.717, 1.165) is 6.92 Å². The van der Waals surface area contributed by atoms with Gasteiger partial charge in [0.25, 0.3) is 5.92 Å². The Morgan fingerprint density at radius 2 is 1.75 bits per heavy atom. The van der Waals surface area contributed by atoms with Gasteiger partial charge >= 0.3 is 18.4 Å². The fourth-order valence-electron chi connectivity index (χ4n) is 8.05. The molecule has 1 saturated carbocycles. The van der Waals surface area contributed by atoms with Gasteiger partial charge in [-0.2, -0.15) is 36.3 Å². The summed E-state index contributed by atoms with van der Waals surface area (Å²) in [5, 5.41) is 2.63. The van der Waals surface area contributed by atoms with Gasteiger partial charge in [0.1, 0.15) is 34.8 Å². The van der Waals surface area contributed by atoms with Crippen molar-refractivity contribution < 1.29 is 58.1 Å². The van der Waals surface area contributed by atoms with Crippen molar-refractivity contribution in [1.82, 2.24) is 25.2 Å². The molecule has 20 heteroatoms. The Bertz CT molecular complexity index is 1940. The zero-order valence-corrected chi connectivity index (χ0v) is 27.3. The van der Waals surface area contributed by atoms with Crippen molar-refractivity contribution in [3.8, 4) is 23.1 Å². The van der Waals surface area contributed by atoms with Gasteiger partial charge in [0.05, 0.1) is 35.9 Å². The van der Waals surface area contributed by atoms with Crippen molar-refractivity contribution in [3.63, 3.8) is 0 Å². The Hall–Kier alpha value is -3.91. The molecule has 0 unspecified atom stereocenters. The number of piperazine rings is 1. The van der Waals surface area contributed by atoms with E-state index in [1.54, 1.807) is 4.90 Å². The number of aromatic nitrogens is 3. The standard InChI is InChI=1S/C32H31F10N7O3/c1-13-19(31(37,38)39)15(8-16(43)20(13)33)22-21(34)23-18-26(47-28(46-23)51-12-29(10-30(29,35)36)11-48-4-6-50-7-5-48)49-9-14-2-3-17(44-14)24(49)25(32(40,41)42)52-27(18)45-22/h8,14,17,24-25,44H,2-7,9-12,43H2,1H3/t14-,17+,24+,25-,29-/m1/s1. The van der Waals surface area contributed by atoms with Gasteiger partial charge in [-0.25, -0.2) is 22.5 Å². The van der Waals surface area contributed by atoms with Crippen LogP contribution in [0.5, 0.6) is 11.9 Å². The highest BCUT2D eigenvalue weighted by atomic mass is 19.4. The van der Waals surface area contributed by atoms with E-state index >= 15 is 4.39 Å². The van der Waals surface area contributed by atoms with Crippen LogP contribution in [-0.4, -0.2) is 102 Å². The van der Waals surface area contributed by atoms with E-state index in [2.05, 4.69) is 20.3 Å². The molecule has 3 aromatic rings. The lowest BCUT2D eigenvalue weighted by molar-refractivity contribution is -0.203. The van der Waals surface area contributed by atoms with Crippen molar-refractivity contribution in [2.24, 2.45) is 5.41 Å². The zero-order chi connectivity index (χ0) is 37.1. The van der Waals surface area contributed by atoms with Gasteiger partial charge in [0.2, 0.25) is 12.0 Å². The number of alkyl halides is 8. The second-order valence-corrected chi connectivity index (χ2v) is 14.1. The number of halogens is 10. The number of anilines is 2. The molecule has 6 heterocycles. The lowest BCUT2D eigenvalue weighted by atomic mass is 9.96. The molecule has 10 nitrogen and oxygen atoms in total. The summed E-state index contributed by atoms with van der Waals surface area (Å²) in [6.07, 6.45) is -12.8. The van der Waals surface area contributed by atoms with E-state index < -0.39 is 117 Å². The number of nitrogens with zero attached hydrogens (tertiary/aromatic N) is 5. The molecule has 2 bridgehead atoms. The first-order valence-corrected chi connectivity index (χ1v) is 16.5. The molecule has 0 amide bonds. The lowest BCUT2D eigenvalue weighted by Crippen LogP contribution is -2.66. The molecule has 2 aromatic heterocycles. The third-order valence-corrected chi connectivity index (χ3v) is 10.7. The molecule has 5 aliphatic rings. The number of nitrogen functional groups attached to an aromatic ring is 1. The van der Waals surface area contributed by atoms with E-state index in [1.807, 2.05) is 0 Å². The van der Waals surface area contributed by atoms with Crippen LogP contribution < -0.4 is 25.4 Å². The minimum atomic E-state index is -5.30. The highest BCUT2D eigenvalue weighted by Crippen LogP contribution is 2.61. The first-order valence-electron chi connectivity index (χ1n) is 16.5. The topological polar surface area (TPSA) is 111 Å². The Kier molecular flexibility index (Phi) is 7.97. The van der Waals surface area contributed by atoms with E-state index in [9.17, 15) is 39.5 Å². The molecule has 282 valence electrons. The van der Waals surface area contributed by atoms with Crippen LogP contribution in [0.4, 0.5) is 55.4 Å². The second-order valence-electron chi connectivity index (χ2n) is 14.1. The van der Waals surface area contributed by atoms with Gasteiger partial charge < -0.3 is 30.2 Å². The summed E-state index contributed by atoms with van der Waals surface area (Å²) in [5.74, 6) is -7.42. The van der Waals surface area contributed by atoms with E-state index in [1.165, 1.54) is 4.90 Å².